The van der Waals surface area contributed by atoms with Gasteiger partial charge in [-0.05, 0) is 24.8 Å². The third-order valence-corrected chi connectivity index (χ3v) is 5.15. The van der Waals surface area contributed by atoms with E-state index in [2.05, 4.69) is 26.1 Å². The van der Waals surface area contributed by atoms with E-state index in [1.54, 1.807) is 6.07 Å². The molecule has 0 aromatic carbocycles. The molecule has 1 aliphatic carbocycles. The van der Waals surface area contributed by atoms with Crippen LogP contribution in [0.15, 0.2) is 18.5 Å². The first-order valence-electron chi connectivity index (χ1n) is 9.07. The molecule has 0 amide bonds. The highest BCUT2D eigenvalue weighted by molar-refractivity contribution is 5.67. The topological polar surface area (TPSA) is 98.2 Å². The summed E-state index contributed by atoms with van der Waals surface area (Å²) in [6, 6.07) is 3.99. The number of fused-ring (bicyclic) bond motifs is 1. The number of nitrogens with zero attached hydrogens (tertiary/aromatic N) is 6. The van der Waals surface area contributed by atoms with Crippen LogP contribution in [-0.2, 0) is 0 Å². The SMILES string of the molecule is COc1ncc(-c2cc(C3CCC(F)(F)CC3)c3ncc(C#N)n3n2)c(OC)n1. The molecule has 29 heavy (non-hydrogen) atoms. The first-order valence-corrected chi connectivity index (χ1v) is 9.07. The maximum Gasteiger partial charge on any atom is 0.319 e. The average molecular weight is 400 g/mol. The van der Waals surface area contributed by atoms with Gasteiger partial charge < -0.3 is 9.47 Å². The van der Waals surface area contributed by atoms with Crippen molar-refractivity contribution in [3.8, 4) is 29.2 Å². The Morgan fingerprint density at radius 1 is 1.17 bits per heavy atom. The lowest BCUT2D eigenvalue weighted by atomic mass is 9.82. The molecule has 3 aromatic rings. The molecule has 0 spiro atoms. The first-order chi connectivity index (χ1) is 14.0. The van der Waals surface area contributed by atoms with Gasteiger partial charge in [0.05, 0.1) is 31.7 Å². The van der Waals surface area contributed by atoms with E-state index >= 15 is 0 Å². The minimum atomic E-state index is -2.64. The lowest BCUT2D eigenvalue weighted by Gasteiger charge is -2.28. The molecule has 8 nitrogen and oxygen atoms in total. The summed E-state index contributed by atoms with van der Waals surface area (Å²) in [6.07, 6.45) is 3.24. The number of methoxy groups -OCH3 is 2. The van der Waals surface area contributed by atoms with E-state index in [-0.39, 0.29) is 36.3 Å². The van der Waals surface area contributed by atoms with Gasteiger partial charge in [0.15, 0.2) is 11.3 Å². The molecule has 3 heterocycles. The van der Waals surface area contributed by atoms with Crippen molar-refractivity contribution >= 4 is 5.65 Å². The van der Waals surface area contributed by atoms with Crippen molar-refractivity contribution < 1.29 is 18.3 Å². The summed E-state index contributed by atoms with van der Waals surface area (Å²) in [7, 11) is 2.91. The molecule has 0 atom stereocenters. The molecule has 0 saturated heterocycles. The van der Waals surface area contributed by atoms with Crippen LogP contribution in [0.25, 0.3) is 16.9 Å². The number of imidazole rings is 1. The summed E-state index contributed by atoms with van der Waals surface area (Å²) < 4.78 is 39.1. The summed E-state index contributed by atoms with van der Waals surface area (Å²) in [5.74, 6) is -2.50. The molecule has 1 saturated carbocycles. The van der Waals surface area contributed by atoms with Crippen molar-refractivity contribution in [1.82, 2.24) is 24.6 Å². The molecule has 0 N–H and O–H groups in total. The fourth-order valence-corrected chi connectivity index (χ4v) is 3.63. The number of nitriles is 1. The lowest BCUT2D eigenvalue weighted by molar-refractivity contribution is -0.0381. The van der Waals surface area contributed by atoms with Gasteiger partial charge in [0.2, 0.25) is 11.8 Å². The van der Waals surface area contributed by atoms with Crippen LogP contribution in [0.3, 0.4) is 0 Å². The highest BCUT2D eigenvalue weighted by Gasteiger charge is 2.36. The Morgan fingerprint density at radius 2 is 1.93 bits per heavy atom. The monoisotopic (exact) mass is 400 g/mol. The second-order valence-corrected chi connectivity index (χ2v) is 6.89. The maximum atomic E-state index is 13.7. The van der Waals surface area contributed by atoms with Gasteiger partial charge in [0.1, 0.15) is 6.07 Å². The second-order valence-electron chi connectivity index (χ2n) is 6.89. The summed E-state index contributed by atoms with van der Waals surface area (Å²) in [6.45, 7) is 0. The molecular formula is C19H18F2N6O2. The Hall–Kier alpha value is -3.35. The number of aromatic nitrogens is 5. The lowest BCUT2D eigenvalue weighted by Crippen LogP contribution is -2.24. The fourth-order valence-electron chi connectivity index (χ4n) is 3.63. The van der Waals surface area contributed by atoms with Crippen LogP contribution in [0.4, 0.5) is 8.78 Å². The molecule has 0 radical (unpaired) electrons. The Kier molecular flexibility index (Phi) is 4.74. The molecule has 10 heteroatoms. The van der Waals surface area contributed by atoms with Gasteiger partial charge in [-0.3, -0.25) is 0 Å². The molecule has 150 valence electrons. The van der Waals surface area contributed by atoms with Gasteiger partial charge in [-0.15, -0.1) is 0 Å². The summed E-state index contributed by atoms with van der Waals surface area (Å²) in [5, 5.41) is 13.9. The summed E-state index contributed by atoms with van der Waals surface area (Å²) in [4.78, 5) is 12.6. The van der Waals surface area contributed by atoms with Crippen LogP contribution in [0, 0.1) is 11.3 Å². The van der Waals surface area contributed by atoms with E-state index in [1.165, 1.54) is 31.1 Å². The Bertz CT molecular complexity index is 1100. The normalized spacial score (nSPS) is 16.5. The van der Waals surface area contributed by atoms with Gasteiger partial charge in [-0.2, -0.15) is 15.3 Å². The van der Waals surface area contributed by atoms with E-state index in [1.807, 2.05) is 0 Å². The van der Waals surface area contributed by atoms with Crippen molar-refractivity contribution in [1.29, 1.82) is 5.26 Å². The van der Waals surface area contributed by atoms with E-state index in [0.29, 0.717) is 29.7 Å². The highest BCUT2D eigenvalue weighted by atomic mass is 19.3. The van der Waals surface area contributed by atoms with Gasteiger partial charge in [0, 0.05) is 24.6 Å². The Balaban J connectivity index is 1.87. The molecule has 1 fully saturated rings. The largest absolute Gasteiger partial charge is 0.480 e. The van der Waals surface area contributed by atoms with Crippen LogP contribution in [0.1, 0.15) is 42.9 Å². The number of halogens is 2. The van der Waals surface area contributed by atoms with Crippen molar-refractivity contribution in [2.75, 3.05) is 14.2 Å². The van der Waals surface area contributed by atoms with Crippen LogP contribution in [-0.4, -0.2) is 44.7 Å². The molecular weight excluding hydrogens is 382 g/mol. The Morgan fingerprint density at radius 3 is 2.59 bits per heavy atom. The molecule has 1 aliphatic rings. The predicted octanol–water partition coefficient (Wildman–Crippen LogP) is 3.37. The minimum Gasteiger partial charge on any atom is -0.480 e. The molecule has 0 bridgehead atoms. The highest BCUT2D eigenvalue weighted by Crippen LogP contribution is 2.42. The Labute approximate surface area is 165 Å². The van der Waals surface area contributed by atoms with Crippen LogP contribution >= 0.6 is 0 Å². The third-order valence-electron chi connectivity index (χ3n) is 5.15. The number of ether oxygens (including phenoxy) is 2. The standard InChI is InChI=1S/C19H18F2N6O2/c1-28-17-14(10-24-18(25-17)29-2)15-7-13(11-3-5-19(20,21)6-4-11)16-23-9-12(8-22)27(16)26-15/h7,9-11H,3-6H2,1-2H3. The zero-order valence-corrected chi connectivity index (χ0v) is 15.9. The van der Waals surface area contributed by atoms with Crippen LogP contribution in [0.5, 0.6) is 11.9 Å². The van der Waals surface area contributed by atoms with Crippen molar-refractivity contribution in [2.24, 2.45) is 0 Å². The minimum absolute atomic E-state index is 0.113. The molecule has 4 rings (SSSR count). The zero-order chi connectivity index (χ0) is 20.6. The average Bonchev–Trinajstić information content (AvgIpc) is 3.15. The van der Waals surface area contributed by atoms with E-state index < -0.39 is 5.92 Å². The number of hydrogen-bond donors (Lipinski definition) is 0. The van der Waals surface area contributed by atoms with Gasteiger partial charge >= 0.3 is 6.01 Å². The predicted molar refractivity (Wildman–Crippen MR) is 98.0 cm³/mol. The van der Waals surface area contributed by atoms with Crippen LogP contribution in [0.2, 0.25) is 0 Å². The quantitative estimate of drug-likeness (QED) is 0.662. The van der Waals surface area contributed by atoms with Gasteiger partial charge in [-0.25, -0.2) is 23.3 Å². The first kappa shape index (κ1) is 19.0. The molecule has 0 unspecified atom stereocenters. The third kappa shape index (κ3) is 3.44. The summed E-state index contributed by atoms with van der Waals surface area (Å²) in [5.41, 5.74) is 2.46. The maximum absolute atomic E-state index is 13.7. The van der Waals surface area contributed by atoms with Gasteiger partial charge in [-0.1, -0.05) is 0 Å². The fraction of sp³-hybridized carbons (Fsp3) is 0.421. The van der Waals surface area contributed by atoms with E-state index in [9.17, 15) is 14.0 Å². The number of hydrogen-bond acceptors (Lipinski definition) is 7. The molecule has 3 aromatic heterocycles. The summed E-state index contributed by atoms with van der Waals surface area (Å²) >= 11 is 0. The number of alkyl halides is 2. The van der Waals surface area contributed by atoms with Gasteiger partial charge in [0.25, 0.3) is 0 Å². The number of rotatable bonds is 4. The van der Waals surface area contributed by atoms with Crippen molar-refractivity contribution in [3.05, 3.63) is 29.7 Å². The second kappa shape index (κ2) is 7.24. The van der Waals surface area contributed by atoms with Crippen LogP contribution < -0.4 is 9.47 Å². The van der Waals surface area contributed by atoms with Crippen molar-refractivity contribution in [2.45, 2.75) is 37.5 Å². The van der Waals surface area contributed by atoms with E-state index in [4.69, 9.17) is 9.47 Å². The van der Waals surface area contributed by atoms with E-state index in [0.717, 1.165) is 5.56 Å². The zero-order valence-electron chi connectivity index (χ0n) is 15.9. The molecule has 0 aliphatic heterocycles. The smallest absolute Gasteiger partial charge is 0.319 e. The van der Waals surface area contributed by atoms with Crippen molar-refractivity contribution in [3.63, 3.8) is 0 Å².